The third-order valence-electron chi connectivity index (χ3n) is 3.02. The number of aliphatic carboxylic acids is 1. The van der Waals surface area contributed by atoms with Gasteiger partial charge in [-0.2, -0.15) is 5.10 Å². The molecular formula is C15H18ClN3O2. The summed E-state index contributed by atoms with van der Waals surface area (Å²) in [6.07, 6.45) is 2.77. The smallest absolute Gasteiger partial charge is 0.317 e. The molecule has 0 spiro atoms. The van der Waals surface area contributed by atoms with Crippen molar-refractivity contribution in [2.45, 2.75) is 19.9 Å². The summed E-state index contributed by atoms with van der Waals surface area (Å²) in [6.45, 7) is 3.32. The molecule has 0 aliphatic carbocycles. The molecule has 0 aliphatic rings. The molecule has 2 rings (SSSR count). The van der Waals surface area contributed by atoms with Crippen LogP contribution >= 0.6 is 11.6 Å². The lowest BCUT2D eigenvalue weighted by Gasteiger charge is -2.17. The molecule has 112 valence electrons. The average molecular weight is 308 g/mol. The Morgan fingerprint density at radius 3 is 2.67 bits per heavy atom. The molecule has 1 heterocycles. The number of hydrogen-bond acceptors (Lipinski definition) is 3. The van der Waals surface area contributed by atoms with E-state index in [0.717, 1.165) is 24.3 Å². The van der Waals surface area contributed by atoms with Crippen LogP contribution in [0.2, 0.25) is 5.02 Å². The number of nitrogens with zero attached hydrogens (tertiary/aromatic N) is 3. The Hall–Kier alpha value is -1.85. The molecule has 1 N–H and O–H groups in total. The van der Waals surface area contributed by atoms with Gasteiger partial charge in [-0.1, -0.05) is 18.5 Å². The van der Waals surface area contributed by atoms with Crippen LogP contribution in [0.4, 0.5) is 0 Å². The summed E-state index contributed by atoms with van der Waals surface area (Å²) in [4.78, 5) is 12.7. The van der Waals surface area contributed by atoms with Gasteiger partial charge in [0, 0.05) is 17.8 Å². The Morgan fingerprint density at radius 2 is 2.05 bits per heavy atom. The zero-order valence-electron chi connectivity index (χ0n) is 11.9. The third kappa shape index (κ3) is 4.58. The average Bonchev–Trinajstić information content (AvgIpc) is 2.87. The molecule has 0 bridgehead atoms. The fourth-order valence-electron chi connectivity index (χ4n) is 2.13. The highest BCUT2D eigenvalue weighted by Gasteiger charge is 2.11. The first kappa shape index (κ1) is 15.5. The lowest BCUT2D eigenvalue weighted by atomic mass is 10.3. The first-order valence-corrected chi connectivity index (χ1v) is 7.21. The Labute approximate surface area is 128 Å². The Bertz CT molecular complexity index is 595. The largest absolute Gasteiger partial charge is 0.480 e. The van der Waals surface area contributed by atoms with E-state index in [1.807, 2.05) is 48.4 Å². The van der Waals surface area contributed by atoms with Gasteiger partial charge in [0.05, 0.1) is 17.9 Å². The van der Waals surface area contributed by atoms with E-state index in [2.05, 4.69) is 5.10 Å². The molecule has 0 amide bonds. The van der Waals surface area contributed by atoms with Gasteiger partial charge in [0.1, 0.15) is 0 Å². The van der Waals surface area contributed by atoms with E-state index in [1.165, 1.54) is 0 Å². The molecule has 0 radical (unpaired) electrons. The van der Waals surface area contributed by atoms with Crippen molar-refractivity contribution in [1.29, 1.82) is 0 Å². The summed E-state index contributed by atoms with van der Waals surface area (Å²) in [7, 11) is 0. The molecule has 1 aromatic carbocycles. The van der Waals surface area contributed by atoms with Crippen molar-refractivity contribution in [2.75, 3.05) is 13.1 Å². The first-order chi connectivity index (χ1) is 10.1. The number of hydrogen-bond donors (Lipinski definition) is 1. The Balaban J connectivity index is 2.07. The molecule has 6 heteroatoms. The summed E-state index contributed by atoms with van der Waals surface area (Å²) in [5.74, 6) is -0.819. The predicted octanol–water partition coefficient (Wildman–Crippen LogP) is 2.82. The van der Waals surface area contributed by atoms with Gasteiger partial charge in [0.2, 0.25) is 0 Å². The molecule has 5 nitrogen and oxygen atoms in total. The highest BCUT2D eigenvalue weighted by Crippen LogP contribution is 2.13. The molecule has 21 heavy (non-hydrogen) atoms. The number of aromatic nitrogens is 2. The maximum Gasteiger partial charge on any atom is 0.317 e. The quantitative estimate of drug-likeness (QED) is 0.854. The summed E-state index contributed by atoms with van der Waals surface area (Å²) in [5, 5.41) is 14.1. The minimum atomic E-state index is -0.819. The van der Waals surface area contributed by atoms with Crippen LogP contribution in [-0.4, -0.2) is 38.8 Å². The summed E-state index contributed by atoms with van der Waals surface area (Å²) in [5.41, 5.74) is 1.77. The van der Waals surface area contributed by atoms with Crippen LogP contribution in [-0.2, 0) is 11.3 Å². The van der Waals surface area contributed by atoms with Crippen molar-refractivity contribution in [3.63, 3.8) is 0 Å². The monoisotopic (exact) mass is 307 g/mol. The predicted molar refractivity (Wildman–Crippen MR) is 81.8 cm³/mol. The van der Waals surface area contributed by atoms with Crippen LogP contribution in [0, 0.1) is 0 Å². The third-order valence-corrected chi connectivity index (χ3v) is 3.27. The maximum absolute atomic E-state index is 10.9. The fraction of sp³-hybridized carbons (Fsp3) is 0.333. The highest BCUT2D eigenvalue weighted by atomic mass is 35.5. The molecule has 0 atom stereocenters. The van der Waals surface area contributed by atoms with Gasteiger partial charge < -0.3 is 5.11 Å². The van der Waals surface area contributed by atoms with Crippen LogP contribution in [0.25, 0.3) is 5.69 Å². The number of halogens is 1. The number of benzene rings is 1. The molecule has 0 aliphatic heterocycles. The van der Waals surface area contributed by atoms with Crippen molar-refractivity contribution in [3.8, 4) is 5.69 Å². The summed E-state index contributed by atoms with van der Waals surface area (Å²) in [6, 6.07) is 9.30. The number of carboxylic acids is 1. The van der Waals surface area contributed by atoms with Crippen molar-refractivity contribution in [3.05, 3.63) is 47.2 Å². The molecular weight excluding hydrogens is 290 g/mol. The zero-order chi connectivity index (χ0) is 15.2. The Morgan fingerprint density at radius 1 is 1.33 bits per heavy atom. The minimum absolute atomic E-state index is 0.0294. The second-order valence-corrected chi connectivity index (χ2v) is 5.27. The van der Waals surface area contributed by atoms with Crippen molar-refractivity contribution in [2.24, 2.45) is 0 Å². The van der Waals surface area contributed by atoms with Gasteiger partial charge in [-0.25, -0.2) is 4.68 Å². The minimum Gasteiger partial charge on any atom is -0.480 e. The van der Waals surface area contributed by atoms with Crippen molar-refractivity contribution >= 4 is 17.6 Å². The number of carbonyl (C=O) groups is 1. The fourth-order valence-corrected chi connectivity index (χ4v) is 2.26. The molecule has 0 saturated carbocycles. The molecule has 1 aromatic heterocycles. The second kappa shape index (κ2) is 7.24. The van der Waals surface area contributed by atoms with E-state index in [9.17, 15) is 4.79 Å². The van der Waals surface area contributed by atoms with E-state index in [0.29, 0.717) is 11.6 Å². The number of carboxylic acid groups (broad SMARTS) is 1. The normalized spacial score (nSPS) is 11.0. The van der Waals surface area contributed by atoms with E-state index in [4.69, 9.17) is 16.7 Å². The van der Waals surface area contributed by atoms with Crippen LogP contribution in [0.5, 0.6) is 0 Å². The lowest BCUT2D eigenvalue weighted by molar-refractivity contribution is -0.138. The second-order valence-electron chi connectivity index (χ2n) is 4.83. The van der Waals surface area contributed by atoms with Gasteiger partial charge in [0.15, 0.2) is 0 Å². The lowest BCUT2D eigenvalue weighted by Crippen LogP contribution is -2.30. The zero-order valence-corrected chi connectivity index (χ0v) is 12.6. The van der Waals surface area contributed by atoms with E-state index in [1.54, 1.807) is 4.68 Å². The van der Waals surface area contributed by atoms with Gasteiger partial charge in [-0.15, -0.1) is 0 Å². The van der Waals surface area contributed by atoms with Crippen LogP contribution < -0.4 is 0 Å². The summed E-state index contributed by atoms with van der Waals surface area (Å²) >= 11 is 5.86. The van der Waals surface area contributed by atoms with Crippen LogP contribution in [0.1, 0.15) is 19.0 Å². The van der Waals surface area contributed by atoms with Crippen LogP contribution in [0.15, 0.2) is 36.5 Å². The molecule has 0 unspecified atom stereocenters. The van der Waals surface area contributed by atoms with E-state index >= 15 is 0 Å². The molecule has 2 aromatic rings. The standard InChI is InChI=1S/C15H18ClN3O2/c1-2-8-18(11-15(20)21)10-13-7-9-19(17-13)14-5-3-12(16)4-6-14/h3-7,9H,2,8,10-11H2,1H3,(H,20,21). The van der Waals surface area contributed by atoms with E-state index in [-0.39, 0.29) is 6.54 Å². The van der Waals surface area contributed by atoms with E-state index < -0.39 is 5.97 Å². The van der Waals surface area contributed by atoms with Gasteiger partial charge in [-0.3, -0.25) is 9.69 Å². The van der Waals surface area contributed by atoms with Crippen molar-refractivity contribution < 1.29 is 9.90 Å². The molecule has 0 fully saturated rings. The number of rotatable bonds is 7. The molecule has 0 saturated heterocycles. The van der Waals surface area contributed by atoms with Crippen LogP contribution in [0.3, 0.4) is 0 Å². The van der Waals surface area contributed by atoms with Gasteiger partial charge in [-0.05, 0) is 43.3 Å². The van der Waals surface area contributed by atoms with Gasteiger partial charge in [0.25, 0.3) is 0 Å². The highest BCUT2D eigenvalue weighted by molar-refractivity contribution is 6.30. The maximum atomic E-state index is 10.9. The Kier molecular flexibility index (Phi) is 5.36. The van der Waals surface area contributed by atoms with Gasteiger partial charge >= 0.3 is 5.97 Å². The topological polar surface area (TPSA) is 58.4 Å². The first-order valence-electron chi connectivity index (χ1n) is 6.83. The van der Waals surface area contributed by atoms with Crippen molar-refractivity contribution in [1.82, 2.24) is 14.7 Å². The summed E-state index contributed by atoms with van der Waals surface area (Å²) < 4.78 is 1.76. The SMILES string of the molecule is CCCN(CC(=O)O)Cc1ccn(-c2ccc(Cl)cc2)n1.